The Hall–Kier alpha value is -3.16. The van der Waals surface area contributed by atoms with Gasteiger partial charge < -0.3 is 14.5 Å². The Bertz CT molecular complexity index is 974. The summed E-state index contributed by atoms with van der Waals surface area (Å²) in [5, 5.41) is 7.63. The van der Waals surface area contributed by atoms with E-state index in [1.54, 1.807) is 25.1 Å². The van der Waals surface area contributed by atoms with Crippen LogP contribution in [-0.2, 0) is 16.1 Å². The van der Waals surface area contributed by atoms with Crippen LogP contribution >= 0.6 is 0 Å². The fourth-order valence-corrected chi connectivity index (χ4v) is 4.37. The van der Waals surface area contributed by atoms with E-state index in [1.807, 2.05) is 42.2 Å². The molecule has 2 aromatic rings. The zero-order valence-corrected chi connectivity index (χ0v) is 18.2. The van der Waals surface area contributed by atoms with Crippen LogP contribution in [0.5, 0.6) is 5.75 Å². The zero-order chi connectivity index (χ0) is 22.0. The summed E-state index contributed by atoms with van der Waals surface area (Å²) < 4.78 is 9.87. The highest BCUT2D eigenvalue weighted by Crippen LogP contribution is 2.60. The van der Waals surface area contributed by atoms with Gasteiger partial charge in [0, 0.05) is 32.1 Å². The molecule has 2 fully saturated rings. The molecule has 1 aromatic carbocycles. The Balaban J connectivity index is 1.27. The van der Waals surface area contributed by atoms with Gasteiger partial charge in [0.05, 0.1) is 13.7 Å². The van der Waals surface area contributed by atoms with Crippen LogP contribution in [0.25, 0.3) is 6.08 Å². The lowest BCUT2D eigenvalue weighted by atomic mass is 9.90. The summed E-state index contributed by atoms with van der Waals surface area (Å²) in [5.74, 6) is 0.975. The molecule has 1 aliphatic heterocycles. The van der Waals surface area contributed by atoms with Crippen LogP contribution in [0.15, 0.2) is 35.0 Å². The van der Waals surface area contributed by atoms with Crippen LogP contribution in [-0.4, -0.2) is 59.2 Å². The number of methoxy groups -OCH3 is 1. The van der Waals surface area contributed by atoms with Gasteiger partial charge in [-0.2, -0.15) is 0 Å². The Kier molecular flexibility index (Phi) is 5.80. The quantitative estimate of drug-likeness (QED) is 0.663. The molecule has 0 bridgehead atoms. The number of likely N-dealkylation sites (tertiary alicyclic amines) is 1. The molecule has 2 heterocycles. The normalized spacial score (nSPS) is 19.6. The Morgan fingerprint density at radius 1 is 1.26 bits per heavy atom. The number of hydrogen-bond acceptors (Lipinski definition) is 6. The highest BCUT2D eigenvalue weighted by molar-refractivity contribution is 5.92. The molecule has 31 heavy (non-hydrogen) atoms. The molecule has 2 aliphatic rings. The van der Waals surface area contributed by atoms with Crippen molar-refractivity contribution in [3.63, 3.8) is 0 Å². The Morgan fingerprint density at radius 3 is 2.58 bits per heavy atom. The number of rotatable bonds is 6. The molecule has 1 spiro atoms. The molecule has 0 N–H and O–H groups in total. The lowest BCUT2D eigenvalue weighted by molar-refractivity contribution is -0.133. The number of hydrogen-bond donors (Lipinski definition) is 0. The lowest BCUT2D eigenvalue weighted by Gasteiger charge is -2.32. The minimum absolute atomic E-state index is 0.0142. The number of benzene rings is 1. The molecule has 0 radical (unpaired) electrons. The molecule has 1 aromatic heterocycles. The third-order valence-corrected chi connectivity index (χ3v) is 6.60. The first kappa shape index (κ1) is 21.1. The van der Waals surface area contributed by atoms with E-state index < -0.39 is 0 Å². The smallest absolute Gasteiger partial charge is 0.246 e. The van der Waals surface area contributed by atoms with Crippen LogP contribution in [0.2, 0.25) is 0 Å². The maximum absolute atomic E-state index is 12.9. The van der Waals surface area contributed by atoms with Crippen molar-refractivity contribution in [1.29, 1.82) is 0 Å². The van der Waals surface area contributed by atoms with Gasteiger partial charge >= 0.3 is 0 Å². The summed E-state index contributed by atoms with van der Waals surface area (Å²) in [6.45, 7) is 3.59. The average Bonchev–Trinajstić information content (AvgIpc) is 3.33. The first-order valence-corrected chi connectivity index (χ1v) is 10.6. The molecule has 1 unspecified atom stereocenters. The molecule has 4 rings (SSSR count). The fraction of sp³-hybridized carbons (Fsp3) is 0.478. The maximum Gasteiger partial charge on any atom is 0.246 e. The van der Waals surface area contributed by atoms with Gasteiger partial charge in [0.1, 0.15) is 17.1 Å². The van der Waals surface area contributed by atoms with Crippen molar-refractivity contribution in [2.45, 2.75) is 32.7 Å². The molecule has 8 nitrogen and oxygen atoms in total. The van der Waals surface area contributed by atoms with E-state index in [-0.39, 0.29) is 23.1 Å². The molecule has 1 atom stereocenters. The van der Waals surface area contributed by atoms with E-state index >= 15 is 0 Å². The van der Waals surface area contributed by atoms with Crippen molar-refractivity contribution in [1.82, 2.24) is 20.1 Å². The standard InChI is InChI=1S/C23H28N4O4/c1-16-20(25-31-24-16)15-26(2)22(29)19-14-23(19)10-12-27(13-11-23)21(28)9-6-17-4-7-18(30-3)8-5-17/h4-9,19H,10-15H2,1-3H3. The highest BCUT2D eigenvalue weighted by atomic mass is 16.6. The van der Waals surface area contributed by atoms with E-state index in [9.17, 15) is 9.59 Å². The van der Waals surface area contributed by atoms with Crippen LogP contribution in [0, 0.1) is 18.3 Å². The van der Waals surface area contributed by atoms with Crippen molar-refractivity contribution in [2.75, 3.05) is 27.2 Å². The minimum atomic E-state index is 0.0142. The second-order valence-electron chi connectivity index (χ2n) is 8.54. The number of carbonyl (C=O) groups excluding carboxylic acids is 2. The van der Waals surface area contributed by atoms with Crippen molar-refractivity contribution in [3.05, 3.63) is 47.3 Å². The second-order valence-corrected chi connectivity index (χ2v) is 8.54. The molecular weight excluding hydrogens is 396 g/mol. The molecule has 8 heteroatoms. The number of amides is 2. The molecule has 1 saturated carbocycles. The molecule has 1 saturated heterocycles. The number of carbonyl (C=O) groups is 2. The Morgan fingerprint density at radius 2 is 1.97 bits per heavy atom. The van der Waals surface area contributed by atoms with Gasteiger partial charge in [-0.1, -0.05) is 22.4 Å². The molecule has 2 amide bonds. The van der Waals surface area contributed by atoms with Gasteiger partial charge in [-0.05, 0) is 55.4 Å². The first-order chi connectivity index (χ1) is 14.9. The number of piperidine rings is 1. The summed E-state index contributed by atoms with van der Waals surface area (Å²) in [4.78, 5) is 29.0. The van der Waals surface area contributed by atoms with E-state index in [0.29, 0.717) is 31.0 Å². The van der Waals surface area contributed by atoms with E-state index in [2.05, 4.69) is 10.3 Å². The lowest BCUT2D eigenvalue weighted by Crippen LogP contribution is -2.40. The fourth-order valence-electron chi connectivity index (χ4n) is 4.37. The van der Waals surface area contributed by atoms with Crippen molar-refractivity contribution < 1.29 is 19.0 Å². The van der Waals surface area contributed by atoms with Gasteiger partial charge in [0.15, 0.2) is 0 Å². The van der Waals surface area contributed by atoms with E-state index in [1.165, 1.54) is 0 Å². The highest BCUT2D eigenvalue weighted by Gasteiger charge is 2.59. The van der Waals surface area contributed by atoms with Crippen LogP contribution in [0.3, 0.4) is 0 Å². The molecule has 1 aliphatic carbocycles. The molecule has 164 valence electrons. The SMILES string of the molecule is COc1ccc(C=CC(=O)N2CCC3(CC2)CC3C(=O)N(C)Cc2nonc2C)cc1. The maximum atomic E-state index is 12.9. The first-order valence-electron chi connectivity index (χ1n) is 10.6. The van der Waals surface area contributed by atoms with Crippen LogP contribution < -0.4 is 4.74 Å². The van der Waals surface area contributed by atoms with Gasteiger partial charge in [0.2, 0.25) is 11.8 Å². The topological polar surface area (TPSA) is 88.8 Å². The zero-order valence-electron chi connectivity index (χ0n) is 18.2. The predicted octanol–water partition coefficient (Wildman–Crippen LogP) is 2.69. The van der Waals surface area contributed by atoms with Gasteiger partial charge in [0.25, 0.3) is 0 Å². The third kappa shape index (κ3) is 4.47. The number of nitrogens with zero attached hydrogens (tertiary/aromatic N) is 4. The van der Waals surface area contributed by atoms with Gasteiger partial charge in [-0.3, -0.25) is 9.59 Å². The summed E-state index contributed by atoms with van der Waals surface area (Å²) in [5.41, 5.74) is 2.39. The summed E-state index contributed by atoms with van der Waals surface area (Å²) >= 11 is 0. The van der Waals surface area contributed by atoms with Crippen molar-refractivity contribution in [3.8, 4) is 5.75 Å². The van der Waals surface area contributed by atoms with Crippen LogP contribution in [0.4, 0.5) is 0 Å². The number of aryl methyl sites for hydroxylation is 1. The second kappa shape index (κ2) is 8.53. The molecular formula is C23H28N4O4. The minimum Gasteiger partial charge on any atom is -0.497 e. The summed E-state index contributed by atoms with van der Waals surface area (Å²) in [7, 11) is 3.42. The van der Waals surface area contributed by atoms with Gasteiger partial charge in [-0.15, -0.1) is 0 Å². The van der Waals surface area contributed by atoms with Crippen LogP contribution in [0.1, 0.15) is 36.2 Å². The number of ether oxygens (including phenoxy) is 1. The van der Waals surface area contributed by atoms with E-state index in [4.69, 9.17) is 9.37 Å². The van der Waals surface area contributed by atoms with E-state index in [0.717, 1.165) is 30.6 Å². The predicted molar refractivity (Wildman–Crippen MR) is 114 cm³/mol. The van der Waals surface area contributed by atoms with Crippen molar-refractivity contribution in [2.24, 2.45) is 11.3 Å². The number of aromatic nitrogens is 2. The monoisotopic (exact) mass is 424 g/mol. The largest absolute Gasteiger partial charge is 0.497 e. The summed E-state index contributed by atoms with van der Waals surface area (Å²) in [6, 6.07) is 7.58. The summed E-state index contributed by atoms with van der Waals surface area (Å²) in [6.07, 6.45) is 6.08. The van der Waals surface area contributed by atoms with Crippen molar-refractivity contribution >= 4 is 17.9 Å². The average molecular weight is 425 g/mol. The third-order valence-electron chi connectivity index (χ3n) is 6.60. The Labute approximate surface area is 181 Å². The van der Waals surface area contributed by atoms with Gasteiger partial charge in [-0.25, -0.2) is 4.63 Å².